The van der Waals surface area contributed by atoms with E-state index < -0.39 is 12.5 Å². The fourth-order valence-electron chi connectivity index (χ4n) is 0.902. The van der Waals surface area contributed by atoms with Crippen molar-refractivity contribution >= 4 is 15.9 Å². The predicted molar refractivity (Wildman–Crippen MR) is 44.1 cm³/mol. The highest BCUT2D eigenvalue weighted by atomic mass is 79.9. The molecule has 0 spiro atoms. The summed E-state index contributed by atoms with van der Waals surface area (Å²) in [7, 11) is 0. The largest absolute Gasteiger partial charge is 0.452 e. The smallest absolute Gasteiger partial charge is 0.260 e. The molecule has 1 unspecified atom stereocenters. The van der Waals surface area contributed by atoms with Gasteiger partial charge in [-0.05, 0) is 34.5 Å². The van der Waals surface area contributed by atoms with Gasteiger partial charge in [-0.1, -0.05) is 0 Å². The highest BCUT2D eigenvalue weighted by Crippen LogP contribution is 2.27. The van der Waals surface area contributed by atoms with Crippen molar-refractivity contribution in [1.82, 2.24) is 0 Å². The van der Waals surface area contributed by atoms with E-state index in [1.165, 1.54) is 0 Å². The van der Waals surface area contributed by atoms with E-state index in [9.17, 15) is 8.78 Å². The molecular weight excluding hydrogens is 232 g/mol. The zero-order valence-corrected chi connectivity index (χ0v) is 7.94. The van der Waals surface area contributed by atoms with Crippen LogP contribution < -0.4 is 5.73 Å². The molecule has 68 valence electrons. The first-order valence-electron chi connectivity index (χ1n) is 3.32. The Bertz CT molecular complexity index is 274. The van der Waals surface area contributed by atoms with Crippen molar-refractivity contribution in [2.24, 2.45) is 5.73 Å². The average molecular weight is 240 g/mol. The Morgan fingerprint density at radius 2 is 2.17 bits per heavy atom. The third-order valence-electron chi connectivity index (χ3n) is 1.50. The Kier molecular flexibility index (Phi) is 2.85. The molecule has 5 heteroatoms. The Morgan fingerprint density at radius 1 is 1.58 bits per heavy atom. The van der Waals surface area contributed by atoms with E-state index in [1.54, 1.807) is 13.0 Å². The zero-order valence-electron chi connectivity index (χ0n) is 6.35. The summed E-state index contributed by atoms with van der Waals surface area (Å²) >= 11 is 3.03. The molecule has 0 aliphatic heterocycles. The number of alkyl halides is 2. The van der Waals surface area contributed by atoms with Crippen LogP contribution in [0.4, 0.5) is 8.78 Å². The lowest BCUT2D eigenvalue weighted by Gasteiger charge is -2.07. The van der Waals surface area contributed by atoms with Gasteiger partial charge in [0.25, 0.3) is 6.43 Å². The number of hydrogen-bond donors (Lipinski definition) is 1. The van der Waals surface area contributed by atoms with Crippen molar-refractivity contribution in [1.29, 1.82) is 0 Å². The standard InChI is InChI=1S/C7H8BrF2NO/c1-3-2-4(8)12-6(3)5(11)7(9)10/h2,5,7H,11H2,1H3. The maximum absolute atomic E-state index is 12.1. The van der Waals surface area contributed by atoms with Gasteiger partial charge in [-0.2, -0.15) is 0 Å². The summed E-state index contributed by atoms with van der Waals surface area (Å²) in [5.74, 6) is 0.136. The molecule has 0 aliphatic rings. The van der Waals surface area contributed by atoms with Gasteiger partial charge in [0, 0.05) is 0 Å². The van der Waals surface area contributed by atoms with Crippen molar-refractivity contribution < 1.29 is 13.2 Å². The van der Waals surface area contributed by atoms with E-state index in [0.29, 0.717) is 10.2 Å². The van der Waals surface area contributed by atoms with Crippen LogP contribution in [-0.4, -0.2) is 6.43 Å². The number of rotatable bonds is 2. The molecule has 1 aromatic rings. The SMILES string of the molecule is Cc1cc(Br)oc1C(N)C(F)F. The van der Waals surface area contributed by atoms with E-state index in [2.05, 4.69) is 15.9 Å². The van der Waals surface area contributed by atoms with Gasteiger partial charge in [-0.3, -0.25) is 0 Å². The molecule has 1 atom stereocenters. The van der Waals surface area contributed by atoms with E-state index >= 15 is 0 Å². The molecule has 1 rings (SSSR count). The maximum atomic E-state index is 12.1. The van der Waals surface area contributed by atoms with Crippen molar-refractivity contribution in [3.63, 3.8) is 0 Å². The first-order valence-corrected chi connectivity index (χ1v) is 4.11. The Balaban J connectivity index is 2.94. The number of nitrogens with two attached hydrogens (primary N) is 1. The van der Waals surface area contributed by atoms with E-state index in [-0.39, 0.29) is 5.76 Å². The molecule has 0 amide bonds. The van der Waals surface area contributed by atoms with Crippen LogP contribution in [0.3, 0.4) is 0 Å². The van der Waals surface area contributed by atoms with E-state index in [0.717, 1.165) is 0 Å². The first-order chi connectivity index (χ1) is 5.52. The first kappa shape index (κ1) is 9.67. The van der Waals surface area contributed by atoms with Crippen LogP contribution in [0.25, 0.3) is 0 Å². The quantitative estimate of drug-likeness (QED) is 0.862. The minimum absolute atomic E-state index is 0.136. The van der Waals surface area contributed by atoms with Crippen molar-refractivity contribution in [3.05, 3.63) is 22.1 Å². The molecule has 2 N–H and O–H groups in total. The lowest BCUT2D eigenvalue weighted by Crippen LogP contribution is -2.18. The van der Waals surface area contributed by atoms with Crippen LogP contribution in [-0.2, 0) is 0 Å². The summed E-state index contributed by atoms with van der Waals surface area (Å²) in [5, 5.41) is 0. The van der Waals surface area contributed by atoms with Gasteiger partial charge in [0.2, 0.25) is 0 Å². The Morgan fingerprint density at radius 3 is 2.50 bits per heavy atom. The second-order valence-electron chi connectivity index (χ2n) is 2.46. The lowest BCUT2D eigenvalue weighted by atomic mass is 10.2. The van der Waals surface area contributed by atoms with Gasteiger partial charge in [0.15, 0.2) is 4.67 Å². The Hall–Kier alpha value is -0.420. The molecule has 0 radical (unpaired) electrons. The summed E-state index contributed by atoms with van der Waals surface area (Å²) in [5.41, 5.74) is 5.82. The minimum Gasteiger partial charge on any atom is -0.452 e. The van der Waals surface area contributed by atoms with Crippen LogP contribution >= 0.6 is 15.9 Å². The predicted octanol–water partition coefficient (Wildman–Crippen LogP) is 2.62. The fourth-order valence-corrected chi connectivity index (χ4v) is 1.42. The van der Waals surface area contributed by atoms with Crippen LogP contribution in [0.5, 0.6) is 0 Å². The number of furan rings is 1. The monoisotopic (exact) mass is 239 g/mol. The fraction of sp³-hybridized carbons (Fsp3) is 0.429. The van der Waals surface area contributed by atoms with Crippen molar-refractivity contribution in [3.8, 4) is 0 Å². The molecule has 1 heterocycles. The van der Waals surface area contributed by atoms with Crippen LogP contribution in [0, 0.1) is 6.92 Å². The molecule has 1 aromatic heterocycles. The molecule has 0 aromatic carbocycles. The highest BCUT2D eigenvalue weighted by Gasteiger charge is 2.23. The summed E-state index contributed by atoms with van der Waals surface area (Å²) in [4.78, 5) is 0. The molecule has 0 aliphatic carbocycles. The zero-order chi connectivity index (χ0) is 9.30. The summed E-state index contributed by atoms with van der Waals surface area (Å²) in [6, 6.07) is 0.272. The van der Waals surface area contributed by atoms with Gasteiger partial charge >= 0.3 is 0 Å². The summed E-state index contributed by atoms with van der Waals surface area (Å²) < 4.78 is 29.6. The third-order valence-corrected chi connectivity index (χ3v) is 1.89. The van der Waals surface area contributed by atoms with Gasteiger partial charge in [-0.15, -0.1) is 0 Å². The maximum Gasteiger partial charge on any atom is 0.260 e. The van der Waals surface area contributed by atoms with Gasteiger partial charge < -0.3 is 10.2 Å². The third kappa shape index (κ3) is 1.84. The number of halogens is 3. The molecule has 0 bridgehead atoms. The minimum atomic E-state index is -2.60. The molecule has 0 saturated heterocycles. The Labute approximate surface area is 76.9 Å². The summed E-state index contributed by atoms with van der Waals surface area (Å²) in [6.45, 7) is 1.67. The second kappa shape index (κ2) is 3.53. The second-order valence-corrected chi connectivity index (χ2v) is 3.24. The average Bonchev–Trinajstić information content (AvgIpc) is 2.28. The summed E-state index contributed by atoms with van der Waals surface area (Å²) in [6.07, 6.45) is -2.60. The number of hydrogen-bond acceptors (Lipinski definition) is 2. The lowest BCUT2D eigenvalue weighted by molar-refractivity contribution is 0.106. The van der Waals surface area contributed by atoms with Gasteiger partial charge in [-0.25, -0.2) is 8.78 Å². The van der Waals surface area contributed by atoms with Gasteiger partial charge in [0.05, 0.1) is 0 Å². The molecule has 0 saturated carbocycles. The van der Waals surface area contributed by atoms with Crippen LogP contribution in [0.1, 0.15) is 17.4 Å². The highest BCUT2D eigenvalue weighted by molar-refractivity contribution is 9.10. The van der Waals surface area contributed by atoms with E-state index in [1.807, 2.05) is 0 Å². The van der Waals surface area contributed by atoms with Crippen LogP contribution in [0.15, 0.2) is 15.2 Å². The molecule has 0 fully saturated rings. The van der Waals surface area contributed by atoms with Crippen molar-refractivity contribution in [2.75, 3.05) is 0 Å². The van der Waals surface area contributed by atoms with E-state index in [4.69, 9.17) is 10.2 Å². The molecular formula is C7H8BrF2NO. The van der Waals surface area contributed by atoms with Crippen LogP contribution in [0.2, 0.25) is 0 Å². The van der Waals surface area contributed by atoms with Gasteiger partial charge in [0.1, 0.15) is 11.8 Å². The topological polar surface area (TPSA) is 39.2 Å². The molecule has 12 heavy (non-hydrogen) atoms. The normalized spacial score (nSPS) is 13.8. The number of aryl methyl sites for hydroxylation is 1. The molecule has 2 nitrogen and oxygen atoms in total. The van der Waals surface area contributed by atoms with Crippen molar-refractivity contribution in [2.45, 2.75) is 19.4 Å².